The monoisotopic (exact) mass is 254 g/mol. The van der Waals surface area contributed by atoms with Crippen LogP contribution in [-0.2, 0) is 0 Å². The van der Waals surface area contributed by atoms with E-state index in [2.05, 4.69) is 9.97 Å². The number of hydrogen-bond acceptors (Lipinski definition) is 3. The van der Waals surface area contributed by atoms with Crippen LogP contribution in [0.5, 0.6) is 5.75 Å². The third-order valence-electron chi connectivity index (χ3n) is 2.11. The highest BCUT2D eigenvalue weighted by Crippen LogP contribution is 2.33. The van der Waals surface area contributed by atoms with E-state index in [0.717, 1.165) is 11.3 Å². The van der Waals surface area contributed by atoms with E-state index in [9.17, 15) is 0 Å². The molecule has 2 rings (SSSR count). The lowest BCUT2D eigenvalue weighted by Gasteiger charge is -2.08. The molecule has 0 aliphatic carbocycles. The number of rotatable bonds is 2. The van der Waals surface area contributed by atoms with Gasteiger partial charge in [0.2, 0.25) is 5.28 Å². The molecule has 2 aromatic rings. The van der Waals surface area contributed by atoms with Crippen molar-refractivity contribution in [1.82, 2.24) is 9.97 Å². The number of methoxy groups -OCH3 is 1. The van der Waals surface area contributed by atoms with Crippen molar-refractivity contribution in [3.63, 3.8) is 0 Å². The summed E-state index contributed by atoms with van der Waals surface area (Å²) in [5.41, 5.74) is 1.54. The van der Waals surface area contributed by atoms with Crippen LogP contribution < -0.4 is 4.74 Å². The molecule has 0 radical (unpaired) electrons. The summed E-state index contributed by atoms with van der Waals surface area (Å²) in [7, 11) is 1.60. The van der Waals surface area contributed by atoms with Crippen molar-refractivity contribution in [3.8, 4) is 16.9 Å². The van der Waals surface area contributed by atoms with Gasteiger partial charge in [-0.15, -0.1) is 0 Å². The molecule has 0 aliphatic rings. The average Bonchev–Trinajstić information content (AvgIpc) is 2.29. The minimum absolute atomic E-state index is 0.128. The molecular formula is C11H8Cl2N2O. The second kappa shape index (κ2) is 4.68. The third-order valence-corrected chi connectivity index (χ3v) is 2.58. The fourth-order valence-corrected chi connectivity index (χ4v) is 1.80. The molecule has 0 fully saturated rings. The standard InChI is InChI=1S/C11H8Cl2N2O/c1-16-9-5-3-2-4-7(9)8-6-14-11(13)15-10(8)12/h2-6H,1H3. The zero-order valence-corrected chi connectivity index (χ0v) is 9.96. The van der Waals surface area contributed by atoms with Gasteiger partial charge in [0, 0.05) is 17.3 Å². The molecule has 3 nitrogen and oxygen atoms in total. The highest BCUT2D eigenvalue weighted by Gasteiger charge is 2.10. The molecular weight excluding hydrogens is 247 g/mol. The zero-order valence-electron chi connectivity index (χ0n) is 8.45. The van der Waals surface area contributed by atoms with Gasteiger partial charge < -0.3 is 4.74 Å². The molecule has 0 saturated heterocycles. The van der Waals surface area contributed by atoms with Crippen molar-refractivity contribution >= 4 is 23.2 Å². The first-order chi connectivity index (χ1) is 7.72. The van der Waals surface area contributed by atoms with Crippen molar-refractivity contribution in [2.24, 2.45) is 0 Å². The molecule has 0 amide bonds. The van der Waals surface area contributed by atoms with Crippen LogP contribution in [0.3, 0.4) is 0 Å². The minimum atomic E-state index is 0.128. The Hall–Kier alpha value is -1.32. The highest BCUT2D eigenvalue weighted by atomic mass is 35.5. The van der Waals surface area contributed by atoms with E-state index in [1.807, 2.05) is 24.3 Å². The summed E-state index contributed by atoms with van der Waals surface area (Å²) in [6.07, 6.45) is 1.58. The van der Waals surface area contributed by atoms with Crippen LogP contribution in [0.15, 0.2) is 30.5 Å². The molecule has 0 spiro atoms. The maximum Gasteiger partial charge on any atom is 0.223 e. The van der Waals surface area contributed by atoms with Crippen LogP contribution in [0.25, 0.3) is 11.1 Å². The predicted molar refractivity (Wildman–Crippen MR) is 64.0 cm³/mol. The summed E-state index contributed by atoms with van der Waals surface area (Å²) in [5, 5.41) is 0.438. The first-order valence-corrected chi connectivity index (χ1v) is 5.29. The topological polar surface area (TPSA) is 35.0 Å². The van der Waals surface area contributed by atoms with Crippen molar-refractivity contribution in [1.29, 1.82) is 0 Å². The Kier molecular flexibility index (Phi) is 3.27. The number of hydrogen-bond donors (Lipinski definition) is 0. The predicted octanol–water partition coefficient (Wildman–Crippen LogP) is 3.46. The molecule has 1 aromatic carbocycles. The Balaban J connectivity index is 2.58. The van der Waals surface area contributed by atoms with Gasteiger partial charge in [-0.05, 0) is 17.7 Å². The van der Waals surface area contributed by atoms with Gasteiger partial charge in [0.15, 0.2) is 0 Å². The minimum Gasteiger partial charge on any atom is -0.496 e. The maximum atomic E-state index is 6.00. The SMILES string of the molecule is COc1ccccc1-c1cnc(Cl)nc1Cl. The third kappa shape index (κ3) is 2.10. The van der Waals surface area contributed by atoms with Gasteiger partial charge in [-0.1, -0.05) is 29.8 Å². The van der Waals surface area contributed by atoms with Gasteiger partial charge in [-0.25, -0.2) is 9.97 Å². The second-order valence-corrected chi connectivity index (χ2v) is 3.74. The zero-order chi connectivity index (χ0) is 11.5. The maximum absolute atomic E-state index is 6.00. The van der Waals surface area contributed by atoms with Crippen LogP contribution in [0.1, 0.15) is 0 Å². The van der Waals surface area contributed by atoms with Crippen LogP contribution in [-0.4, -0.2) is 17.1 Å². The fraction of sp³-hybridized carbons (Fsp3) is 0.0909. The molecule has 0 N–H and O–H groups in total. The normalized spacial score (nSPS) is 10.2. The lowest BCUT2D eigenvalue weighted by atomic mass is 10.1. The molecule has 16 heavy (non-hydrogen) atoms. The smallest absolute Gasteiger partial charge is 0.223 e. The quantitative estimate of drug-likeness (QED) is 0.608. The lowest BCUT2D eigenvalue weighted by molar-refractivity contribution is 0.416. The molecule has 5 heteroatoms. The van der Waals surface area contributed by atoms with E-state index >= 15 is 0 Å². The molecule has 0 aliphatic heterocycles. The molecule has 82 valence electrons. The average molecular weight is 255 g/mol. The van der Waals surface area contributed by atoms with E-state index in [-0.39, 0.29) is 5.28 Å². The summed E-state index contributed by atoms with van der Waals surface area (Å²) < 4.78 is 5.24. The summed E-state index contributed by atoms with van der Waals surface area (Å²) >= 11 is 11.6. The Morgan fingerprint density at radius 3 is 2.56 bits per heavy atom. The molecule has 0 atom stereocenters. The number of aromatic nitrogens is 2. The van der Waals surface area contributed by atoms with Gasteiger partial charge in [-0.2, -0.15) is 0 Å². The molecule has 0 bridgehead atoms. The number of para-hydroxylation sites is 1. The first kappa shape index (κ1) is 11.2. The summed E-state index contributed by atoms with van der Waals surface area (Å²) in [5.74, 6) is 0.718. The van der Waals surface area contributed by atoms with Crippen molar-refractivity contribution in [2.75, 3.05) is 7.11 Å². The summed E-state index contributed by atoms with van der Waals surface area (Å²) in [6.45, 7) is 0. The first-order valence-electron chi connectivity index (χ1n) is 4.54. The van der Waals surface area contributed by atoms with E-state index in [1.165, 1.54) is 0 Å². The molecule has 0 unspecified atom stereocenters. The Morgan fingerprint density at radius 2 is 1.88 bits per heavy atom. The van der Waals surface area contributed by atoms with E-state index in [4.69, 9.17) is 27.9 Å². The van der Waals surface area contributed by atoms with Gasteiger partial charge in [0.25, 0.3) is 0 Å². The number of halogens is 2. The largest absolute Gasteiger partial charge is 0.496 e. The Labute approximate surface area is 103 Å². The van der Waals surface area contributed by atoms with Crippen LogP contribution in [0.2, 0.25) is 10.4 Å². The van der Waals surface area contributed by atoms with Gasteiger partial charge in [0.05, 0.1) is 7.11 Å². The van der Waals surface area contributed by atoms with Gasteiger partial charge in [0.1, 0.15) is 10.9 Å². The van der Waals surface area contributed by atoms with E-state index in [0.29, 0.717) is 10.7 Å². The Bertz CT molecular complexity index is 517. The van der Waals surface area contributed by atoms with Crippen LogP contribution in [0, 0.1) is 0 Å². The van der Waals surface area contributed by atoms with Crippen LogP contribution >= 0.6 is 23.2 Å². The fourth-order valence-electron chi connectivity index (χ4n) is 1.39. The van der Waals surface area contributed by atoms with E-state index < -0.39 is 0 Å². The molecule has 1 aromatic heterocycles. The Morgan fingerprint density at radius 1 is 1.12 bits per heavy atom. The van der Waals surface area contributed by atoms with Crippen molar-refractivity contribution < 1.29 is 4.74 Å². The van der Waals surface area contributed by atoms with Gasteiger partial charge in [-0.3, -0.25) is 0 Å². The van der Waals surface area contributed by atoms with E-state index in [1.54, 1.807) is 13.3 Å². The number of ether oxygens (including phenoxy) is 1. The van der Waals surface area contributed by atoms with Gasteiger partial charge >= 0.3 is 0 Å². The number of benzene rings is 1. The van der Waals surface area contributed by atoms with Crippen molar-refractivity contribution in [2.45, 2.75) is 0 Å². The lowest BCUT2D eigenvalue weighted by Crippen LogP contribution is -1.91. The van der Waals surface area contributed by atoms with Crippen LogP contribution in [0.4, 0.5) is 0 Å². The second-order valence-electron chi connectivity index (χ2n) is 3.04. The molecule has 0 saturated carbocycles. The highest BCUT2D eigenvalue weighted by molar-refractivity contribution is 6.33. The summed E-state index contributed by atoms with van der Waals surface area (Å²) in [4.78, 5) is 7.80. The molecule has 1 heterocycles. The summed E-state index contributed by atoms with van der Waals surface area (Å²) in [6, 6.07) is 7.51. The van der Waals surface area contributed by atoms with Crippen molar-refractivity contribution in [3.05, 3.63) is 40.9 Å². The number of nitrogens with zero attached hydrogens (tertiary/aromatic N) is 2.